The molecule has 0 spiro atoms. The maximum Gasteiger partial charge on any atom is 0.251 e. The van der Waals surface area contributed by atoms with Crippen LogP contribution in [0.5, 0.6) is 0 Å². The fraction of sp³-hybridized carbons (Fsp3) is 0.500. The predicted octanol–water partition coefficient (Wildman–Crippen LogP) is 1.21. The second-order valence-corrected chi connectivity index (χ2v) is 3.29. The van der Waals surface area contributed by atoms with Gasteiger partial charge in [0.15, 0.2) is 6.29 Å². The molecule has 1 heterocycles. The molecular weight excluding hydrogens is 220 g/mol. The molecule has 1 amide bonds. The van der Waals surface area contributed by atoms with Gasteiger partial charge in [-0.25, -0.2) is 0 Å². The summed E-state index contributed by atoms with van der Waals surface area (Å²) in [5, 5.41) is 2.75. The van der Waals surface area contributed by atoms with E-state index in [1.165, 1.54) is 0 Å². The first-order valence-corrected chi connectivity index (χ1v) is 5.69. The van der Waals surface area contributed by atoms with Crippen LogP contribution in [0.4, 0.5) is 0 Å². The summed E-state index contributed by atoms with van der Waals surface area (Å²) in [4.78, 5) is 15.6. The summed E-state index contributed by atoms with van der Waals surface area (Å²) in [5.74, 6) is -0.156. The first-order chi connectivity index (χ1) is 8.27. The van der Waals surface area contributed by atoms with Gasteiger partial charge in [-0.3, -0.25) is 9.78 Å². The molecule has 5 nitrogen and oxygen atoms in total. The van der Waals surface area contributed by atoms with E-state index in [2.05, 4.69) is 10.3 Å². The molecule has 0 unspecified atom stereocenters. The Hall–Kier alpha value is -1.46. The number of rotatable bonds is 7. The largest absolute Gasteiger partial charge is 0.351 e. The average Bonchev–Trinajstić information content (AvgIpc) is 2.37. The highest BCUT2D eigenvalue weighted by Gasteiger charge is 2.10. The van der Waals surface area contributed by atoms with Gasteiger partial charge in [0.05, 0.1) is 6.54 Å². The monoisotopic (exact) mass is 238 g/mol. The minimum Gasteiger partial charge on any atom is -0.351 e. The average molecular weight is 238 g/mol. The molecule has 0 aromatic carbocycles. The van der Waals surface area contributed by atoms with Gasteiger partial charge in [0.1, 0.15) is 0 Å². The van der Waals surface area contributed by atoms with Crippen molar-refractivity contribution in [2.75, 3.05) is 19.8 Å². The van der Waals surface area contributed by atoms with Crippen LogP contribution in [-0.2, 0) is 9.47 Å². The van der Waals surface area contributed by atoms with Crippen LogP contribution < -0.4 is 5.32 Å². The number of nitrogens with one attached hydrogen (secondary N) is 1. The zero-order valence-electron chi connectivity index (χ0n) is 10.2. The van der Waals surface area contributed by atoms with Gasteiger partial charge in [0.2, 0.25) is 0 Å². The highest BCUT2D eigenvalue weighted by atomic mass is 16.7. The van der Waals surface area contributed by atoms with Crippen molar-refractivity contribution >= 4 is 5.91 Å². The second-order valence-electron chi connectivity index (χ2n) is 3.29. The van der Waals surface area contributed by atoms with Crippen molar-refractivity contribution in [1.82, 2.24) is 10.3 Å². The lowest BCUT2D eigenvalue weighted by molar-refractivity contribution is -0.131. The lowest BCUT2D eigenvalue weighted by Crippen LogP contribution is -2.35. The number of hydrogen-bond acceptors (Lipinski definition) is 4. The number of carbonyl (C=O) groups excluding carboxylic acids is 1. The predicted molar refractivity (Wildman–Crippen MR) is 63.6 cm³/mol. The third-order valence-corrected chi connectivity index (χ3v) is 2.08. The summed E-state index contributed by atoms with van der Waals surface area (Å²) in [5.41, 5.74) is 0.576. The van der Waals surface area contributed by atoms with Crippen molar-refractivity contribution in [1.29, 1.82) is 0 Å². The van der Waals surface area contributed by atoms with Gasteiger partial charge >= 0.3 is 0 Å². The molecule has 0 aliphatic rings. The fourth-order valence-corrected chi connectivity index (χ4v) is 1.32. The van der Waals surface area contributed by atoms with Crippen LogP contribution >= 0.6 is 0 Å². The zero-order valence-corrected chi connectivity index (χ0v) is 10.2. The summed E-state index contributed by atoms with van der Waals surface area (Å²) in [6, 6.07) is 3.32. The van der Waals surface area contributed by atoms with Crippen molar-refractivity contribution in [3.63, 3.8) is 0 Å². The summed E-state index contributed by atoms with van der Waals surface area (Å²) in [6.07, 6.45) is 2.77. The van der Waals surface area contributed by atoms with Crippen molar-refractivity contribution in [3.8, 4) is 0 Å². The van der Waals surface area contributed by atoms with Crippen LogP contribution in [0.1, 0.15) is 24.2 Å². The molecule has 0 radical (unpaired) electrons. The number of hydrogen-bond donors (Lipinski definition) is 1. The Bertz CT molecular complexity index is 324. The first kappa shape index (κ1) is 13.6. The minimum atomic E-state index is -0.393. The molecule has 5 heteroatoms. The molecule has 0 atom stereocenters. The maximum absolute atomic E-state index is 11.7. The van der Waals surface area contributed by atoms with Gasteiger partial charge in [-0.15, -0.1) is 0 Å². The van der Waals surface area contributed by atoms with Crippen LogP contribution in [0.25, 0.3) is 0 Å². The molecule has 1 N–H and O–H groups in total. The zero-order chi connectivity index (χ0) is 12.5. The Balaban J connectivity index is 2.41. The number of ether oxygens (including phenoxy) is 2. The van der Waals surface area contributed by atoms with Gasteiger partial charge in [-0.1, -0.05) is 0 Å². The molecule has 0 aliphatic heterocycles. The summed E-state index contributed by atoms with van der Waals surface area (Å²) >= 11 is 0. The number of aromatic nitrogens is 1. The lowest BCUT2D eigenvalue weighted by atomic mass is 10.2. The van der Waals surface area contributed by atoms with Gasteiger partial charge < -0.3 is 14.8 Å². The number of carbonyl (C=O) groups is 1. The van der Waals surface area contributed by atoms with Crippen LogP contribution in [-0.4, -0.2) is 36.9 Å². The van der Waals surface area contributed by atoms with Crippen molar-refractivity contribution in [3.05, 3.63) is 30.1 Å². The molecule has 0 saturated heterocycles. The van der Waals surface area contributed by atoms with Crippen LogP contribution in [0.3, 0.4) is 0 Å². The maximum atomic E-state index is 11.7. The fourth-order valence-electron chi connectivity index (χ4n) is 1.32. The van der Waals surface area contributed by atoms with E-state index in [1.807, 2.05) is 13.8 Å². The number of amides is 1. The molecular formula is C12H18N2O3. The number of nitrogens with zero attached hydrogens (tertiary/aromatic N) is 1. The molecule has 0 bridgehead atoms. The highest BCUT2D eigenvalue weighted by molar-refractivity contribution is 5.93. The molecule has 0 saturated carbocycles. The number of pyridine rings is 1. The second kappa shape index (κ2) is 7.76. The van der Waals surface area contributed by atoms with E-state index in [1.54, 1.807) is 24.5 Å². The van der Waals surface area contributed by atoms with Crippen LogP contribution in [0.2, 0.25) is 0 Å². The topological polar surface area (TPSA) is 60.5 Å². The van der Waals surface area contributed by atoms with Crippen molar-refractivity contribution in [2.24, 2.45) is 0 Å². The van der Waals surface area contributed by atoms with Gasteiger partial charge in [0, 0.05) is 31.2 Å². The lowest BCUT2D eigenvalue weighted by Gasteiger charge is -2.17. The Labute approximate surface area is 101 Å². The van der Waals surface area contributed by atoms with Crippen molar-refractivity contribution < 1.29 is 14.3 Å². The van der Waals surface area contributed by atoms with Gasteiger partial charge in [-0.2, -0.15) is 0 Å². The van der Waals surface area contributed by atoms with E-state index in [9.17, 15) is 4.79 Å². The normalized spacial score (nSPS) is 10.5. The van der Waals surface area contributed by atoms with E-state index in [0.717, 1.165) is 0 Å². The van der Waals surface area contributed by atoms with E-state index in [0.29, 0.717) is 25.3 Å². The van der Waals surface area contributed by atoms with Gasteiger partial charge in [0.25, 0.3) is 5.91 Å². The first-order valence-electron chi connectivity index (χ1n) is 5.69. The molecule has 0 fully saturated rings. The Morgan fingerprint density at radius 2 is 1.88 bits per heavy atom. The highest BCUT2D eigenvalue weighted by Crippen LogP contribution is 1.98. The quantitative estimate of drug-likeness (QED) is 0.725. The summed E-state index contributed by atoms with van der Waals surface area (Å²) in [6.45, 7) is 5.21. The van der Waals surface area contributed by atoms with E-state index >= 15 is 0 Å². The molecule has 94 valence electrons. The molecule has 1 rings (SSSR count). The summed E-state index contributed by atoms with van der Waals surface area (Å²) < 4.78 is 10.6. The van der Waals surface area contributed by atoms with E-state index in [4.69, 9.17) is 9.47 Å². The van der Waals surface area contributed by atoms with E-state index < -0.39 is 6.29 Å². The summed E-state index contributed by atoms with van der Waals surface area (Å²) in [7, 11) is 0. The Morgan fingerprint density at radius 1 is 1.29 bits per heavy atom. The Kier molecular flexibility index (Phi) is 6.21. The molecule has 1 aromatic rings. The van der Waals surface area contributed by atoms with Crippen molar-refractivity contribution in [2.45, 2.75) is 20.1 Å². The molecule has 0 aliphatic carbocycles. The molecule has 17 heavy (non-hydrogen) atoms. The standard InChI is InChI=1S/C12H18N2O3/c1-3-16-11(17-4-2)9-14-12(15)10-5-7-13-8-6-10/h5-8,11H,3-4,9H2,1-2H3,(H,14,15). The molecule has 1 aromatic heterocycles. The van der Waals surface area contributed by atoms with E-state index in [-0.39, 0.29) is 5.91 Å². The van der Waals surface area contributed by atoms with Gasteiger partial charge in [-0.05, 0) is 26.0 Å². The Morgan fingerprint density at radius 3 is 2.41 bits per heavy atom. The SMILES string of the molecule is CCOC(CNC(=O)c1ccncc1)OCC. The minimum absolute atomic E-state index is 0.156. The third-order valence-electron chi connectivity index (χ3n) is 2.08. The van der Waals surface area contributed by atoms with Crippen LogP contribution in [0.15, 0.2) is 24.5 Å². The third kappa shape index (κ3) is 4.93. The van der Waals surface area contributed by atoms with Crippen LogP contribution in [0, 0.1) is 0 Å². The smallest absolute Gasteiger partial charge is 0.251 e.